The van der Waals surface area contributed by atoms with Crippen LogP contribution in [0.3, 0.4) is 0 Å². The van der Waals surface area contributed by atoms with E-state index in [0.29, 0.717) is 15.7 Å². The number of hydrogen-bond acceptors (Lipinski definition) is 3. The Morgan fingerprint density at radius 1 is 1.50 bits per heavy atom. The number of hydrogen-bond donors (Lipinski definition) is 1. The van der Waals surface area contributed by atoms with Crippen LogP contribution >= 0.6 is 15.9 Å². The van der Waals surface area contributed by atoms with Crippen molar-refractivity contribution in [2.24, 2.45) is 10.7 Å². The molecule has 0 saturated carbocycles. The molecule has 6 heteroatoms. The number of benzene rings is 1. The summed E-state index contributed by atoms with van der Waals surface area (Å²) in [5, 5.41) is 8.51. The molecule has 0 fully saturated rings. The SMILES string of the molecule is N#CC/C(C=Nc1cc(Br)cc(C(F)F)c1)=C/N. The van der Waals surface area contributed by atoms with E-state index in [4.69, 9.17) is 11.0 Å². The van der Waals surface area contributed by atoms with Crippen LogP contribution in [0.5, 0.6) is 0 Å². The predicted molar refractivity (Wildman–Crippen MR) is 69.8 cm³/mol. The molecule has 0 heterocycles. The molecule has 0 aromatic heterocycles. The van der Waals surface area contributed by atoms with E-state index in [1.54, 1.807) is 6.07 Å². The van der Waals surface area contributed by atoms with Gasteiger partial charge in [0, 0.05) is 16.3 Å². The zero-order chi connectivity index (χ0) is 13.5. The summed E-state index contributed by atoms with van der Waals surface area (Å²) in [6, 6.07) is 6.14. The van der Waals surface area contributed by atoms with Gasteiger partial charge in [0.15, 0.2) is 0 Å². The van der Waals surface area contributed by atoms with Crippen LogP contribution in [0.15, 0.2) is 39.4 Å². The maximum absolute atomic E-state index is 12.6. The number of nitrogens with two attached hydrogens (primary N) is 1. The number of halogens is 3. The lowest BCUT2D eigenvalue weighted by Crippen LogP contribution is -1.90. The van der Waals surface area contributed by atoms with Crippen LogP contribution in [0.2, 0.25) is 0 Å². The molecule has 0 aliphatic carbocycles. The molecule has 0 saturated heterocycles. The third kappa shape index (κ3) is 4.26. The minimum absolute atomic E-state index is 0.116. The van der Waals surface area contributed by atoms with E-state index in [1.165, 1.54) is 24.5 Å². The van der Waals surface area contributed by atoms with E-state index in [9.17, 15) is 8.78 Å². The Morgan fingerprint density at radius 3 is 2.78 bits per heavy atom. The van der Waals surface area contributed by atoms with Gasteiger partial charge in [-0.15, -0.1) is 0 Å². The van der Waals surface area contributed by atoms with Gasteiger partial charge in [-0.05, 0) is 30.0 Å². The maximum Gasteiger partial charge on any atom is 0.263 e. The van der Waals surface area contributed by atoms with Crippen molar-refractivity contribution in [1.82, 2.24) is 0 Å². The normalized spacial score (nSPS) is 12.1. The van der Waals surface area contributed by atoms with Crippen LogP contribution in [0, 0.1) is 11.3 Å². The monoisotopic (exact) mass is 313 g/mol. The summed E-state index contributed by atoms with van der Waals surface area (Å²) in [5.74, 6) is 0. The molecule has 3 nitrogen and oxygen atoms in total. The van der Waals surface area contributed by atoms with Crippen LogP contribution < -0.4 is 5.73 Å². The highest BCUT2D eigenvalue weighted by atomic mass is 79.9. The fraction of sp³-hybridized carbons (Fsp3) is 0.167. The van der Waals surface area contributed by atoms with Crippen LogP contribution in [-0.4, -0.2) is 6.21 Å². The van der Waals surface area contributed by atoms with Gasteiger partial charge in [0.1, 0.15) is 0 Å². The number of alkyl halides is 2. The molecule has 0 bridgehead atoms. The second-order valence-electron chi connectivity index (χ2n) is 3.38. The average molecular weight is 314 g/mol. The first-order chi connectivity index (χ1) is 8.56. The van der Waals surface area contributed by atoms with E-state index in [-0.39, 0.29) is 12.0 Å². The van der Waals surface area contributed by atoms with E-state index in [1.807, 2.05) is 6.07 Å². The minimum atomic E-state index is -2.56. The topological polar surface area (TPSA) is 62.2 Å². The number of nitriles is 1. The van der Waals surface area contributed by atoms with Crippen molar-refractivity contribution in [3.8, 4) is 6.07 Å². The Hall–Kier alpha value is -1.74. The molecule has 0 amide bonds. The summed E-state index contributed by atoms with van der Waals surface area (Å²) in [7, 11) is 0. The van der Waals surface area contributed by atoms with Crippen molar-refractivity contribution < 1.29 is 8.78 Å². The highest BCUT2D eigenvalue weighted by molar-refractivity contribution is 9.10. The van der Waals surface area contributed by atoms with Crippen molar-refractivity contribution >= 4 is 27.8 Å². The van der Waals surface area contributed by atoms with Crippen molar-refractivity contribution in [3.05, 3.63) is 40.0 Å². The fourth-order valence-electron chi connectivity index (χ4n) is 1.19. The molecular weight excluding hydrogens is 304 g/mol. The number of allylic oxidation sites excluding steroid dienone is 1. The van der Waals surface area contributed by atoms with Crippen molar-refractivity contribution in [3.63, 3.8) is 0 Å². The highest BCUT2D eigenvalue weighted by Gasteiger charge is 2.08. The van der Waals surface area contributed by atoms with Crippen molar-refractivity contribution in [2.45, 2.75) is 12.8 Å². The molecular formula is C12H10BrF2N3. The summed E-state index contributed by atoms with van der Waals surface area (Å²) in [6.07, 6.45) is 0.217. The van der Waals surface area contributed by atoms with Gasteiger partial charge in [-0.2, -0.15) is 5.26 Å². The van der Waals surface area contributed by atoms with Crippen molar-refractivity contribution in [2.75, 3.05) is 0 Å². The Kier molecular flexibility index (Phi) is 5.46. The third-order valence-electron chi connectivity index (χ3n) is 2.03. The molecule has 2 N–H and O–H groups in total. The summed E-state index contributed by atoms with van der Waals surface area (Å²) in [6.45, 7) is 0. The van der Waals surface area contributed by atoms with E-state index in [0.717, 1.165) is 0 Å². The lowest BCUT2D eigenvalue weighted by atomic mass is 10.2. The first kappa shape index (κ1) is 14.3. The smallest absolute Gasteiger partial charge is 0.263 e. The number of nitrogens with zero attached hydrogens (tertiary/aromatic N) is 2. The second kappa shape index (κ2) is 6.87. The minimum Gasteiger partial charge on any atom is -0.404 e. The first-order valence-electron chi connectivity index (χ1n) is 4.97. The zero-order valence-corrected chi connectivity index (χ0v) is 10.9. The molecule has 0 spiro atoms. The van der Waals surface area contributed by atoms with Gasteiger partial charge >= 0.3 is 0 Å². The predicted octanol–water partition coefficient (Wildman–Crippen LogP) is 3.85. The molecule has 1 aromatic carbocycles. The van der Waals surface area contributed by atoms with Crippen LogP contribution in [0.1, 0.15) is 18.4 Å². The Balaban J connectivity index is 2.98. The highest BCUT2D eigenvalue weighted by Crippen LogP contribution is 2.28. The van der Waals surface area contributed by atoms with Crippen LogP contribution in [0.4, 0.5) is 14.5 Å². The van der Waals surface area contributed by atoms with Crippen LogP contribution in [0.25, 0.3) is 0 Å². The molecule has 1 rings (SSSR count). The van der Waals surface area contributed by atoms with E-state index < -0.39 is 6.43 Å². The van der Waals surface area contributed by atoms with Gasteiger partial charge in [-0.1, -0.05) is 15.9 Å². The van der Waals surface area contributed by atoms with Gasteiger partial charge in [-0.3, -0.25) is 4.99 Å². The molecule has 0 unspecified atom stereocenters. The van der Waals surface area contributed by atoms with Gasteiger partial charge in [0.05, 0.1) is 18.2 Å². The Morgan fingerprint density at radius 2 is 2.22 bits per heavy atom. The zero-order valence-electron chi connectivity index (χ0n) is 9.28. The molecule has 94 valence electrons. The second-order valence-corrected chi connectivity index (χ2v) is 4.29. The molecule has 0 aliphatic rings. The summed E-state index contributed by atoms with van der Waals surface area (Å²) < 4.78 is 25.7. The molecule has 1 aromatic rings. The standard InChI is InChI=1S/C12H10BrF2N3/c13-10-3-9(12(14)15)4-11(5-10)18-7-8(6-17)1-2-16/h3-7,12H,1,17H2/b8-6-,18-7?. The maximum atomic E-state index is 12.6. The molecule has 0 aliphatic heterocycles. The van der Waals surface area contributed by atoms with Gasteiger partial charge in [0.2, 0.25) is 0 Å². The van der Waals surface area contributed by atoms with Gasteiger partial charge in [0.25, 0.3) is 6.43 Å². The number of rotatable bonds is 4. The third-order valence-corrected chi connectivity index (χ3v) is 2.49. The summed E-state index contributed by atoms with van der Waals surface area (Å²) in [5.41, 5.74) is 6.08. The average Bonchev–Trinajstić information content (AvgIpc) is 2.33. The molecule has 18 heavy (non-hydrogen) atoms. The Labute approximate surface area is 112 Å². The Bertz CT molecular complexity index is 519. The van der Waals surface area contributed by atoms with E-state index in [2.05, 4.69) is 20.9 Å². The molecule has 0 radical (unpaired) electrons. The van der Waals surface area contributed by atoms with Gasteiger partial charge in [-0.25, -0.2) is 8.78 Å². The lowest BCUT2D eigenvalue weighted by molar-refractivity contribution is 0.151. The fourth-order valence-corrected chi connectivity index (χ4v) is 1.69. The number of aliphatic imine (C=N–C) groups is 1. The largest absolute Gasteiger partial charge is 0.404 e. The quantitative estimate of drug-likeness (QED) is 0.858. The van der Waals surface area contributed by atoms with E-state index >= 15 is 0 Å². The summed E-state index contributed by atoms with van der Waals surface area (Å²) >= 11 is 3.14. The summed E-state index contributed by atoms with van der Waals surface area (Å²) in [4.78, 5) is 4.01. The first-order valence-corrected chi connectivity index (χ1v) is 5.76. The molecule has 0 atom stereocenters. The van der Waals surface area contributed by atoms with Crippen LogP contribution in [-0.2, 0) is 0 Å². The van der Waals surface area contributed by atoms with Crippen molar-refractivity contribution in [1.29, 1.82) is 5.26 Å². The van der Waals surface area contributed by atoms with Gasteiger partial charge < -0.3 is 5.73 Å². The lowest BCUT2D eigenvalue weighted by Gasteiger charge is -2.02.